The Morgan fingerprint density at radius 2 is 1.77 bits per heavy atom. The van der Waals surface area contributed by atoms with E-state index in [2.05, 4.69) is 15.6 Å². The molecule has 0 unspecified atom stereocenters. The molecule has 0 spiro atoms. The van der Waals surface area contributed by atoms with Gasteiger partial charge in [-0.3, -0.25) is 9.78 Å². The van der Waals surface area contributed by atoms with E-state index in [-0.39, 0.29) is 11.9 Å². The third-order valence-electron chi connectivity index (χ3n) is 4.92. The van der Waals surface area contributed by atoms with E-state index in [0.29, 0.717) is 23.4 Å². The molecule has 4 N–H and O–H groups in total. The first kappa shape index (κ1) is 21.8. The summed E-state index contributed by atoms with van der Waals surface area (Å²) < 4.78 is 5.51. The number of para-hydroxylation sites is 2. The molecule has 2 atom stereocenters. The second-order valence-corrected chi connectivity index (χ2v) is 7.10. The van der Waals surface area contributed by atoms with Gasteiger partial charge in [-0.2, -0.15) is 0 Å². The second-order valence-electron chi connectivity index (χ2n) is 7.10. The summed E-state index contributed by atoms with van der Waals surface area (Å²) in [6.45, 7) is 3.76. The van der Waals surface area contributed by atoms with E-state index in [4.69, 9.17) is 10.5 Å². The molecule has 1 heterocycles. The van der Waals surface area contributed by atoms with Gasteiger partial charge in [-0.25, -0.2) is 4.79 Å². The number of hydrogen-bond acceptors (Lipinski definition) is 5. The number of benzene rings is 2. The van der Waals surface area contributed by atoms with Crippen LogP contribution in [-0.2, 0) is 4.74 Å². The summed E-state index contributed by atoms with van der Waals surface area (Å²) in [4.78, 5) is 28.9. The van der Waals surface area contributed by atoms with E-state index >= 15 is 0 Å². The minimum atomic E-state index is -0.510. The van der Waals surface area contributed by atoms with Gasteiger partial charge in [0, 0.05) is 18.0 Å². The van der Waals surface area contributed by atoms with Crippen molar-refractivity contribution in [3.05, 3.63) is 89.7 Å². The first-order valence-electron chi connectivity index (χ1n) is 10.1. The highest BCUT2D eigenvalue weighted by molar-refractivity contribution is 6.05. The Balaban J connectivity index is 1.58. The van der Waals surface area contributed by atoms with Gasteiger partial charge in [-0.05, 0) is 54.8 Å². The van der Waals surface area contributed by atoms with Crippen molar-refractivity contribution in [3.63, 3.8) is 0 Å². The van der Waals surface area contributed by atoms with Crippen LogP contribution in [0.3, 0.4) is 0 Å². The maximum absolute atomic E-state index is 12.4. The van der Waals surface area contributed by atoms with Crippen LogP contribution in [0.1, 0.15) is 53.9 Å². The number of carbonyl (C=O) groups excluding carboxylic acids is 2. The molecule has 0 aliphatic rings. The Bertz CT molecular complexity index is 1020. The fourth-order valence-corrected chi connectivity index (χ4v) is 3.12. The molecule has 2 aromatic carbocycles. The first-order valence-corrected chi connectivity index (χ1v) is 10.1. The molecule has 0 bridgehead atoms. The van der Waals surface area contributed by atoms with Gasteiger partial charge < -0.3 is 21.1 Å². The number of rotatable bonds is 7. The van der Waals surface area contributed by atoms with E-state index in [1.54, 1.807) is 67.8 Å². The highest BCUT2D eigenvalue weighted by atomic mass is 16.6. The van der Waals surface area contributed by atoms with Gasteiger partial charge >= 0.3 is 6.09 Å². The van der Waals surface area contributed by atoms with Crippen LogP contribution in [0.25, 0.3) is 0 Å². The molecular formula is C24H26N4O3. The molecule has 3 rings (SSSR count). The fraction of sp³-hybridized carbons (Fsp3) is 0.208. The summed E-state index contributed by atoms with van der Waals surface area (Å²) in [5, 5.41) is 5.66. The predicted octanol–water partition coefficient (Wildman–Crippen LogP) is 4.85. The molecule has 0 saturated carbocycles. The second kappa shape index (κ2) is 10.2. The van der Waals surface area contributed by atoms with Crippen LogP contribution >= 0.6 is 0 Å². The lowest BCUT2D eigenvalue weighted by Crippen LogP contribution is -2.29. The van der Waals surface area contributed by atoms with Crippen molar-refractivity contribution in [2.45, 2.75) is 32.4 Å². The lowest BCUT2D eigenvalue weighted by Gasteiger charge is -2.19. The average molecular weight is 418 g/mol. The summed E-state index contributed by atoms with van der Waals surface area (Å²) in [7, 11) is 0. The molecule has 0 radical (unpaired) electrons. The van der Waals surface area contributed by atoms with Crippen LogP contribution in [-0.4, -0.2) is 17.0 Å². The van der Waals surface area contributed by atoms with Gasteiger partial charge in [0.25, 0.3) is 5.91 Å². The fourth-order valence-electron chi connectivity index (χ4n) is 3.12. The molecule has 0 fully saturated rings. The third-order valence-corrected chi connectivity index (χ3v) is 4.92. The van der Waals surface area contributed by atoms with Crippen molar-refractivity contribution in [2.75, 3.05) is 11.1 Å². The molecule has 1 aromatic heterocycles. The summed E-state index contributed by atoms with van der Waals surface area (Å²) in [5.74, 6) is -0.266. The van der Waals surface area contributed by atoms with Gasteiger partial charge in [0.05, 0.1) is 17.4 Å². The van der Waals surface area contributed by atoms with Crippen molar-refractivity contribution < 1.29 is 14.3 Å². The Kier molecular flexibility index (Phi) is 7.22. The number of ether oxygens (including phenoxy) is 1. The van der Waals surface area contributed by atoms with Crippen LogP contribution in [0, 0.1) is 0 Å². The number of alkyl carbamates (subject to hydrolysis) is 1. The summed E-state index contributed by atoms with van der Waals surface area (Å²) in [5.41, 5.74) is 9.10. The normalized spacial score (nSPS) is 12.5. The topological polar surface area (TPSA) is 106 Å². The number of hydrogen-bond donors (Lipinski definition) is 3. The highest BCUT2D eigenvalue weighted by Gasteiger charge is 2.17. The average Bonchev–Trinajstić information content (AvgIpc) is 2.79. The lowest BCUT2D eigenvalue weighted by molar-refractivity contribution is 0.101. The number of pyridine rings is 1. The number of carbonyl (C=O) groups is 2. The molecule has 7 nitrogen and oxygen atoms in total. The standard InChI is InChI=1S/C24H26N4O3/c1-3-21(19-7-6-14-26-15-19)28-24(30)31-16(2)17-10-12-18(13-11-17)23(29)27-22-9-5-4-8-20(22)25/h4-16,21H,3,25H2,1-2H3,(H,27,29)(H,28,30)/t16-,21-/m0/s1. The zero-order valence-electron chi connectivity index (χ0n) is 17.5. The van der Waals surface area contributed by atoms with E-state index < -0.39 is 12.2 Å². The van der Waals surface area contributed by atoms with Crippen molar-refractivity contribution in [1.29, 1.82) is 0 Å². The quantitative estimate of drug-likeness (QED) is 0.475. The molecule has 0 saturated heterocycles. The minimum absolute atomic E-state index is 0.176. The number of nitrogens with two attached hydrogens (primary N) is 1. The van der Waals surface area contributed by atoms with Gasteiger partial charge in [0.15, 0.2) is 0 Å². The van der Waals surface area contributed by atoms with Gasteiger partial charge in [-0.15, -0.1) is 0 Å². The minimum Gasteiger partial charge on any atom is -0.442 e. The van der Waals surface area contributed by atoms with Crippen LogP contribution in [0.15, 0.2) is 73.1 Å². The van der Waals surface area contributed by atoms with Crippen molar-refractivity contribution >= 4 is 23.4 Å². The third kappa shape index (κ3) is 5.82. The first-order chi connectivity index (χ1) is 15.0. The molecule has 160 valence electrons. The largest absolute Gasteiger partial charge is 0.442 e. The highest BCUT2D eigenvalue weighted by Crippen LogP contribution is 2.21. The van der Waals surface area contributed by atoms with Crippen LogP contribution < -0.4 is 16.4 Å². The number of aromatic nitrogens is 1. The number of nitrogens with zero attached hydrogens (tertiary/aromatic N) is 1. The van der Waals surface area contributed by atoms with E-state index in [0.717, 1.165) is 11.1 Å². The smallest absolute Gasteiger partial charge is 0.408 e. The molecule has 3 aromatic rings. The van der Waals surface area contributed by atoms with Gasteiger partial charge in [0.2, 0.25) is 0 Å². The maximum atomic E-state index is 12.4. The zero-order valence-corrected chi connectivity index (χ0v) is 17.5. The molecular weight excluding hydrogens is 392 g/mol. The number of amides is 2. The molecule has 2 amide bonds. The van der Waals surface area contributed by atoms with Crippen molar-refractivity contribution in [2.24, 2.45) is 0 Å². The summed E-state index contributed by atoms with van der Waals surface area (Å²) in [6.07, 6.45) is 3.14. The van der Waals surface area contributed by atoms with Crippen LogP contribution in [0.5, 0.6) is 0 Å². The molecule has 31 heavy (non-hydrogen) atoms. The maximum Gasteiger partial charge on any atom is 0.408 e. The number of nitrogens with one attached hydrogen (secondary N) is 2. The molecule has 0 aliphatic carbocycles. The van der Waals surface area contributed by atoms with Gasteiger partial charge in [-0.1, -0.05) is 37.3 Å². The zero-order chi connectivity index (χ0) is 22.2. The van der Waals surface area contributed by atoms with Crippen molar-refractivity contribution in [3.8, 4) is 0 Å². The van der Waals surface area contributed by atoms with E-state index in [1.165, 1.54) is 0 Å². The van der Waals surface area contributed by atoms with E-state index in [9.17, 15) is 9.59 Å². The van der Waals surface area contributed by atoms with Crippen LogP contribution in [0.4, 0.5) is 16.2 Å². The SMILES string of the molecule is CC[C@H](NC(=O)O[C@@H](C)c1ccc(C(=O)Nc2ccccc2N)cc1)c1cccnc1. The number of anilines is 2. The van der Waals surface area contributed by atoms with Gasteiger partial charge in [0.1, 0.15) is 6.10 Å². The Morgan fingerprint density at radius 3 is 2.42 bits per heavy atom. The molecule has 7 heteroatoms. The lowest BCUT2D eigenvalue weighted by atomic mass is 10.1. The summed E-state index contributed by atoms with van der Waals surface area (Å²) in [6, 6.07) is 17.5. The Hall–Kier alpha value is -3.87. The predicted molar refractivity (Wildman–Crippen MR) is 121 cm³/mol. The Labute approximate surface area is 181 Å². The Morgan fingerprint density at radius 1 is 1.03 bits per heavy atom. The van der Waals surface area contributed by atoms with E-state index in [1.807, 2.05) is 19.1 Å². The summed E-state index contributed by atoms with van der Waals surface area (Å²) >= 11 is 0. The van der Waals surface area contributed by atoms with Crippen molar-refractivity contribution in [1.82, 2.24) is 10.3 Å². The number of nitrogen functional groups attached to an aromatic ring is 1. The molecule has 0 aliphatic heterocycles. The van der Waals surface area contributed by atoms with Crippen LogP contribution in [0.2, 0.25) is 0 Å². The monoisotopic (exact) mass is 418 g/mol.